The van der Waals surface area contributed by atoms with Crippen LogP contribution in [0.2, 0.25) is 0 Å². The van der Waals surface area contributed by atoms with Gasteiger partial charge in [0.25, 0.3) is 0 Å². The molecule has 3 N–H and O–H groups in total. The Morgan fingerprint density at radius 2 is 2.26 bits per heavy atom. The topological polar surface area (TPSA) is 76.3 Å². The standard InChI is InChI=1S/C17H23N5O/c1-23-17-9-13(6-7-19-17)10-20-14-3-2-8-22(12-14)15-4-5-16(18)21-11-15/h4-7,9,11,14,20H,2-3,8,10,12H2,1H3,(H2,18,21)/t14-/m0/s1. The Morgan fingerprint density at radius 1 is 1.35 bits per heavy atom. The third-order valence-corrected chi connectivity index (χ3v) is 4.16. The second-order valence-corrected chi connectivity index (χ2v) is 5.81. The predicted molar refractivity (Wildman–Crippen MR) is 91.5 cm³/mol. The maximum absolute atomic E-state index is 5.66. The summed E-state index contributed by atoms with van der Waals surface area (Å²) in [5.41, 5.74) is 7.98. The highest BCUT2D eigenvalue weighted by atomic mass is 16.5. The van der Waals surface area contributed by atoms with E-state index in [9.17, 15) is 0 Å². The van der Waals surface area contributed by atoms with Crippen molar-refractivity contribution in [3.05, 3.63) is 42.2 Å². The summed E-state index contributed by atoms with van der Waals surface area (Å²) in [6.45, 7) is 2.86. The first-order valence-electron chi connectivity index (χ1n) is 7.93. The van der Waals surface area contributed by atoms with Crippen molar-refractivity contribution in [1.82, 2.24) is 15.3 Å². The molecule has 122 valence electrons. The summed E-state index contributed by atoms with van der Waals surface area (Å²) in [7, 11) is 1.64. The fraction of sp³-hybridized carbons (Fsp3) is 0.412. The number of aromatic nitrogens is 2. The molecular formula is C17H23N5O. The fourth-order valence-corrected chi connectivity index (χ4v) is 2.90. The first-order chi connectivity index (χ1) is 11.2. The lowest BCUT2D eigenvalue weighted by Gasteiger charge is -2.34. The fourth-order valence-electron chi connectivity index (χ4n) is 2.90. The highest BCUT2D eigenvalue weighted by Crippen LogP contribution is 2.20. The molecule has 2 aromatic heterocycles. The average Bonchev–Trinajstić information content (AvgIpc) is 2.61. The van der Waals surface area contributed by atoms with Crippen LogP contribution in [0.5, 0.6) is 5.88 Å². The third-order valence-electron chi connectivity index (χ3n) is 4.16. The van der Waals surface area contributed by atoms with Gasteiger partial charge in [0, 0.05) is 37.9 Å². The van der Waals surface area contributed by atoms with Gasteiger partial charge in [0.1, 0.15) is 5.82 Å². The van der Waals surface area contributed by atoms with E-state index >= 15 is 0 Å². The summed E-state index contributed by atoms with van der Waals surface area (Å²) >= 11 is 0. The molecule has 1 saturated heterocycles. The van der Waals surface area contributed by atoms with E-state index in [1.165, 1.54) is 18.4 Å². The third kappa shape index (κ3) is 4.10. The first kappa shape index (κ1) is 15.6. The van der Waals surface area contributed by atoms with Crippen LogP contribution in [0.1, 0.15) is 18.4 Å². The van der Waals surface area contributed by atoms with Gasteiger partial charge < -0.3 is 20.7 Å². The van der Waals surface area contributed by atoms with Crippen molar-refractivity contribution in [3.63, 3.8) is 0 Å². The second-order valence-electron chi connectivity index (χ2n) is 5.81. The van der Waals surface area contributed by atoms with Crippen molar-refractivity contribution in [2.45, 2.75) is 25.4 Å². The van der Waals surface area contributed by atoms with Gasteiger partial charge >= 0.3 is 0 Å². The molecule has 6 heteroatoms. The Morgan fingerprint density at radius 3 is 3.04 bits per heavy atom. The normalized spacial score (nSPS) is 18.0. The summed E-state index contributed by atoms with van der Waals surface area (Å²) in [6, 6.07) is 8.34. The minimum Gasteiger partial charge on any atom is -0.481 e. The molecule has 0 bridgehead atoms. The summed E-state index contributed by atoms with van der Waals surface area (Å²) in [6.07, 6.45) is 5.98. The van der Waals surface area contributed by atoms with Gasteiger partial charge in [0.2, 0.25) is 5.88 Å². The Labute approximate surface area is 136 Å². The SMILES string of the molecule is COc1cc(CN[C@H]2CCCN(c3ccc(N)nc3)C2)ccn1. The van der Waals surface area contributed by atoms with Crippen LogP contribution in [-0.2, 0) is 6.54 Å². The van der Waals surface area contributed by atoms with Crippen molar-refractivity contribution in [2.24, 2.45) is 0 Å². The molecule has 0 unspecified atom stereocenters. The number of nitrogens with two attached hydrogens (primary N) is 1. The lowest BCUT2D eigenvalue weighted by molar-refractivity contribution is 0.395. The maximum atomic E-state index is 5.66. The van der Waals surface area contributed by atoms with Crippen molar-refractivity contribution in [1.29, 1.82) is 0 Å². The van der Waals surface area contributed by atoms with Gasteiger partial charge in [-0.1, -0.05) is 0 Å². The molecule has 1 fully saturated rings. The van der Waals surface area contributed by atoms with E-state index in [1.54, 1.807) is 13.3 Å². The first-order valence-corrected chi connectivity index (χ1v) is 7.93. The smallest absolute Gasteiger partial charge is 0.213 e. The number of nitrogens with one attached hydrogen (secondary N) is 1. The minimum atomic E-state index is 0.459. The zero-order chi connectivity index (χ0) is 16.1. The van der Waals surface area contributed by atoms with Crippen LogP contribution in [0, 0.1) is 0 Å². The maximum Gasteiger partial charge on any atom is 0.213 e. The number of nitrogen functional groups attached to an aromatic ring is 1. The summed E-state index contributed by atoms with van der Waals surface area (Å²) < 4.78 is 5.17. The Kier molecular flexibility index (Phi) is 4.92. The van der Waals surface area contributed by atoms with Crippen molar-refractivity contribution >= 4 is 11.5 Å². The molecule has 23 heavy (non-hydrogen) atoms. The van der Waals surface area contributed by atoms with Crippen LogP contribution in [-0.4, -0.2) is 36.2 Å². The quantitative estimate of drug-likeness (QED) is 0.877. The zero-order valence-corrected chi connectivity index (χ0v) is 13.4. The number of anilines is 2. The molecule has 6 nitrogen and oxygen atoms in total. The lowest BCUT2D eigenvalue weighted by Crippen LogP contribution is -2.45. The van der Waals surface area contributed by atoms with Crippen molar-refractivity contribution < 1.29 is 4.74 Å². The molecule has 0 spiro atoms. The number of rotatable bonds is 5. The molecule has 0 aliphatic carbocycles. The van der Waals surface area contributed by atoms with Gasteiger partial charge in [-0.15, -0.1) is 0 Å². The summed E-state index contributed by atoms with van der Waals surface area (Å²) in [4.78, 5) is 10.7. The molecule has 0 aromatic carbocycles. The van der Waals surface area contributed by atoms with Gasteiger partial charge in [0.05, 0.1) is 19.0 Å². The molecule has 0 amide bonds. The van der Waals surface area contributed by atoms with Crippen LogP contribution in [0.15, 0.2) is 36.7 Å². The van der Waals surface area contributed by atoms with Crippen LogP contribution in [0.4, 0.5) is 11.5 Å². The van der Waals surface area contributed by atoms with Crippen molar-refractivity contribution in [2.75, 3.05) is 30.8 Å². The van der Waals surface area contributed by atoms with Crippen LogP contribution < -0.4 is 20.7 Å². The average molecular weight is 313 g/mol. The summed E-state index contributed by atoms with van der Waals surface area (Å²) in [5.74, 6) is 1.22. The van der Waals surface area contributed by atoms with Crippen LogP contribution in [0.3, 0.4) is 0 Å². The van der Waals surface area contributed by atoms with E-state index in [0.717, 1.165) is 25.3 Å². The van der Waals surface area contributed by atoms with E-state index < -0.39 is 0 Å². The molecule has 1 atom stereocenters. The zero-order valence-electron chi connectivity index (χ0n) is 13.4. The van der Waals surface area contributed by atoms with E-state index in [1.807, 2.05) is 30.5 Å². The van der Waals surface area contributed by atoms with Gasteiger partial charge in [-0.2, -0.15) is 0 Å². The van der Waals surface area contributed by atoms with Crippen LogP contribution in [0.25, 0.3) is 0 Å². The van der Waals surface area contributed by atoms with Crippen LogP contribution >= 0.6 is 0 Å². The number of hydrogen-bond donors (Lipinski definition) is 2. The molecular weight excluding hydrogens is 290 g/mol. The van der Waals surface area contributed by atoms with E-state index in [2.05, 4.69) is 20.2 Å². The Hall–Kier alpha value is -2.34. The van der Waals surface area contributed by atoms with E-state index in [4.69, 9.17) is 10.5 Å². The number of hydrogen-bond acceptors (Lipinski definition) is 6. The molecule has 0 radical (unpaired) electrons. The Bertz CT molecular complexity index is 631. The molecule has 3 heterocycles. The second kappa shape index (κ2) is 7.28. The number of nitrogens with zero attached hydrogens (tertiary/aromatic N) is 3. The predicted octanol–water partition coefficient (Wildman–Crippen LogP) is 1.83. The molecule has 1 aliphatic heterocycles. The van der Waals surface area contributed by atoms with Gasteiger partial charge in [-0.3, -0.25) is 0 Å². The molecule has 3 rings (SSSR count). The largest absolute Gasteiger partial charge is 0.481 e. The number of ether oxygens (including phenoxy) is 1. The monoisotopic (exact) mass is 313 g/mol. The number of piperidine rings is 1. The molecule has 2 aromatic rings. The van der Waals surface area contributed by atoms with E-state index in [-0.39, 0.29) is 0 Å². The highest BCUT2D eigenvalue weighted by Gasteiger charge is 2.20. The number of methoxy groups -OCH3 is 1. The van der Waals surface area contributed by atoms with E-state index in [0.29, 0.717) is 17.7 Å². The summed E-state index contributed by atoms with van der Waals surface area (Å²) in [5, 5.41) is 3.63. The molecule has 0 saturated carbocycles. The minimum absolute atomic E-state index is 0.459. The molecule has 1 aliphatic rings. The van der Waals surface area contributed by atoms with Gasteiger partial charge in [-0.05, 0) is 36.6 Å². The Balaban J connectivity index is 1.57. The van der Waals surface area contributed by atoms with Gasteiger partial charge in [0.15, 0.2) is 0 Å². The highest BCUT2D eigenvalue weighted by molar-refractivity contribution is 5.48. The number of pyridine rings is 2. The van der Waals surface area contributed by atoms with Gasteiger partial charge in [-0.25, -0.2) is 9.97 Å². The van der Waals surface area contributed by atoms with Crippen molar-refractivity contribution in [3.8, 4) is 5.88 Å². The lowest BCUT2D eigenvalue weighted by atomic mass is 10.0.